The quantitative estimate of drug-likeness (QED) is 0.835. The first kappa shape index (κ1) is 9.58. The average Bonchev–Trinajstić information content (AvgIpc) is 2.47. The average molecular weight is 261 g/mol. The Morgan fingerprint density at radius 1 is 1.43 bits per heavy atom. The van der Waals surface area contributed by atoms with E-state index in [-0.39, 0.29) is 5.82 Å². The smallest absolute Gasteiger partial charge is 0.295 e. The molecule has 0 unspecified atom stereocenters. The molecule has 5 heteroatoms. The van der Waals surface area contributed by atoms with Crippen molar-refractivity contribution in [3.63, 3.8) is 0 Å². The summed E-state index contributed by atoms with van der Waals surface area (Å²) in [5.74, 6) is -0.286. The van der Waals surface area contributed by atoms with Crippen LogP contribution in [0.25, 0.3) is 11.0 Å². The molecule has 74 valence electrons. The fourth-order valence-corrected chi connectivity index (χ4v) is 2.00. The Kier molecular flexibility index (Phi) is 2.26. The van der Waals surface area contributed by atoms with E-state index in [1.165, 1.54) is 0 Å². The number of nitrogens with zero attached hydrogens (tertiary/aromatic N) is 1. The molecule has 14 heavy (non-hydrogen) atoms. The first-order chi connectivity index (χ1) is 6.58. The second-order valence-electron chi connectivity index (χ2n) is 3.07. The Balaban J connectivity index is 2.70. The van der Waals surface area contributed by atoms with Crippen molar-refractivity contribution in [2.75, 3.05) is 0 Å². The summed E-state index contributed by atoms with van der Waals surface area (Å²) in [4.78, 5) is 6.39. The summed E-state index contributed by atoms with van der Waals surface area (Å²) in [6.07, 6.45) is -2.56. The van der Waals surface area contributed by atoms with Crippen molar-refractivity contribution in [1.29, 1.82) is 0 Å². The second-order valence-corrected chi connectivity index (χ2v) is 3.92. The number of aromatic nitrogens is 2. The minimum Gasteiger partial charge on any atom is -0.337 e. The largest absolute Gasteiger partial charge is 0.337 e. The van der Waals surface area contributed by atoms with Gasteiger partial charge in [0.2, 0.25) is 0 Å². The molecule has 0 aliphatic carbocycles. The zero-order chi connectivity index (χ0) is 10.3. The molecule has 1 aromatic heterocycles. The third-order valence-electron chi connectivity index (χ3n) is 1.91. The highest BCUT2D eigenvalue weighted by Gasteiger charge is 2.13. The molecule has 0 saturated heterocycles. The SMILES string of the molecule is Cc1cc(Br)c2nc(C(F)F)[nH]c2c1. The molecule has 2 rings (SSSR count). The van der Waals surface area contributed by atoms with Crippen LogP contribution in [0.2, 0.25) is 0 Å². The zero-order valence-corrected chi connectivity index (χ0v) is 8.90. The number of rotatable bonds is 1. The van der Waals surface area contributed by atoms with E-state index in [0.717, 1.165) is 10.0 Å². The molecule has 2 aromatic rings. The molecule has 1 heterocycles. The number of aromatic amines is 1. The van der Waals surface area contributed by atoms with Gasteiger partial charge >= 0.3 is 0 Å². The third kappa shape index (κ3) is 1.52. The van der Waals surface area contributed by atoms with E-state index >= 15 is 0 Å². The summed E-state index contributed by atoms with van der Waals surface area (Å²) in [5.41, 5.74) is 2.17. The summed E-state index contributed by atoms with van der Waals surface area (Å²) in [6.45, 7) is 1.90. The predicted molar refractivity (Wildman–Crippen MR) is 53.5 cm³/mol. The maximum absolute atomic E-state index is 12.3. The first-order valence-corrected chi connectivity index (χ1v) is 4.81. The fourth-order valence-electron chi connectivity index (χ4n) is 1.33. The Morgan fingerprint density at radius 3 is 2.79 bits per heavy atom. The van der Waals surface area contributed by atoms with Crippen LogP contribution in [-0.2, 0) is 0 Å². The Labute approximate surface area is 87.5 Å². The lowest BCUT2D eigenvalue weighted by Gasteiger charge is -1.94. The van der Waals surface area contributed by atoms with Crippen LogP contribution < -0.4 is 0 Å². The number of imidazole rings is 1. The zero-order valence-electron chi connectivity index (χ0n) is 7.31. The van der Waals surface area contributed by atoms with Crippen molar-refractivity contribution in [2.45, 2.75) is 13.3 Å². The van der Waals surface area contributed by atoms with Crippen LogP contribution in [0, 0.1) is 6.92 Å². The molecule has 2 nitrogen and oxygen atoms in total. The number of alkyl halides is 2. The lowest BCUT2D eigenvalue weighted by Crippen LogP contribution is -1.85. The number of fused-ring (bicyclic) bond motifs is 1. The van der Waals surface area contributed by atoms with Crippen LogP contribution in [0.4, 0.5) is 8.78 Å². The van der Waals surface area contributed by atoms with Crippen LogP contribution in [-0.4, -0.2) is 9.97 Å². The number of hydrogen-bond donors (Lipinski definition) is 1. The van der Waals surface area contributed by atoms with Gasteiger partial charge in [-0.1, -0.05) is 0 Å². The van der Waals surface area contributed by atoms with Gasteiger partial charge in [0.15, 0.2) is 5.82 Å². The monoisotopic (exact) mass is 260 g/mol. The summed E-state index contributed by atoms with van der Waals surface area (Å²) in [5, 5.41) is 0. The highest BCUT2D eigenvalue weighted by Crippen LogP contribution is 2.26. The van der Waals surface area contributed by atoms with Crippen LogP contribution in [0.5, 0.6) is 0 Å². The summed E-state index contributed by atoms with van der Waals surface area (Å²) in [7, 11) is 0. The summed E-state index contributed by atoms with van der Waals surface area (Å²) < 4.78 is 25.4. The van der Waals surface area contributed by atoms with Crippen LogP contribution in [0.1, 0.15) is 17.8 Å². The van der Waals surface area contributed by atoms with E-state index in [4.69, 9.17) is 0 Å². The van der Waals surface area contributed by atoms with Crippen molar-refractivity contribution >= 4 is 27.0 Å². The van der Waals surface area contributed by atoms with Crippen LogP contribution in [0.3, 0.4) is 0 Å². The second kappa shape index (κ2) is 3.31. The third-order valence-corrected chi connectivity index (χ3v) is 2.51. The Bertz CT molecular complexity index is 479. The van der Waals surface area contributed by atoms with Crippen molar-refractivity contribution < 1.29 is 8.78 Å². The fraction of sp³-hybridized carbons (Fsp3) is 0.222. The molecule has 0 aliphatic heterocycles. The van der Waals surface area contributed by atoms with Gasteiger partial charge in [0, 0.05) is 4.47 Å². The highest BCUT2D eigenvalue weighted by molar-refractivity contribution is 9.10. The summed E-state index contributed by atoms with van der Waals surface area (Å²) >= 11 is 3.28. The molecule has 0 saturated carbocycles. The van der Waals surface area contributed by atoms with E-state index in [1.807, 2.05) is 13.0 Å². The molecule has 0 fully saturated rings. The van der Waals surface area contributed by atoms with Gasteiger partial charge in [0.25, 0.3) is 6.43 Å². The Hall–Kier alpha value is -0.970. The molecule has 0 atom stereocenters. The molecule has 0 radical (unpaired) electrons. The number of hydrogen-bond acceptors (Lipinski definition) is 1. The molecule has 0 bridgehead atoms. The van der Waals surface area contributed by atoms with Gasteiger partial charge in [-0.2, -0.15) is 0 Å². The molecule has 0 spiro atoms. The normalized spacial score (nSPS) is 11.5. The van der Waals surface area contributed by atoms with E-state index in [2.05, 4.69) is 25.9 Å². The molecule has 0 aliphatic rings. The minimum absolute atomic E-state index is 0.286. The van der Waals surface area contributed by atoms with Crippen molar-refractivity contribution in [3.8, 4) is 0 Å². The van der Waals surface area contributed by atoms with Gasteiger partial charge in [-0.05, 0) is 40.5 Å². The molecule has 1 aromatic carbocycles. The molecular formula is C9H7BrF2N2. The maximum Gasteiger partial charge on any atom is 0.295 e. The van der Waals surface area contributed by atoms with E-state index in [0.29, 0.717) is 11.0 Å². The van der Waals surface area contributed by atoms with E-state index < -0.39 is 6.43 Å². The molecular weight excluding hydrogens is 254 g/mol. The van der Waals surface area contributed by atoms with Gasteiger partial charge in [-0.15, -0.1) is 0 Å². The number of nitrogens with one attached hydrogen (secondary N) is 1. The minimum atomic E-state index is -2.56. The van der Waals surface area contributed by atoms with Crippen LogP contribution >= 0.6 is 15.9 Å². The first-order valence-electron chi connectivity index (χ1n) is 4.02. The molecule has 1 N–H and O–H groups in total. The van der Waals surface area contributed by atoms with Gasteiger partial charge in [0.1, 0.15) is 5.52 Å². The van der Waals surface area contributed by atoms with Gasteiger partial charge in [-0.3, -0.25) is 0 Å². The predicted octanol–water partition coefficient (Wildman–Crippen LogP) is 3.57. The lowest BCUT2D eigenvalue weighted by molar-refractivity contribution is 0.142. The van der Waals surface area contributed by atoms with Crippen LogP contribution in [0.15, 0.2) is 16.6 Å². The highest BCUT2D eigenvalue weighted by atomic mass is 79.9. The van der Waals surface area contributed by atoms with Crippen molar-refractivity contribution in [2.24, 2.45) is 0 Å². The number of benzene rings is 1. The van der Waals surface area contributed by atoms with Crippen molar-refractivity contribution in [1.82, 2.24) is 9.97 Å². The standard InChI is InChI=1S/C9H7BrF2N2/c1-4-2-5(10)7-6(3-4)13-9(14-7)8(11)12/h2-3,8H,1H3,(H,13,14). The van der Waals surface area contributed by atoms with Crippen molar-refractivity contribution in [3.05, 3.63) is 28.0 Å². The van der Waals surface area contributed by atoms with E-state index in [1.54, 1.807) is 6.07 Å². The lowest BCUT2D eigenvalue weighted by atomic mass is 10.2. The van der Waals surface area contributed by atoms with Gasteiger partial charge in [-0.25, -0.2) is 13.8 Å². The Morgan fingerprint density at radius 2 is 2.14 bits per heavy atom. The molecule has 0 amide bonds. The topological polar surface area (TPSA) is 28.7 Å². The maximum atomic E-state index is 12.3. The van der Waals surface area contributed by atoms with E-state index in [9.17, 15) is 8.78 Å². The number of halogens is 3. The van der Waals surface area contributed by atoms with Gasteiger partial charge in [0.05, 0.1) is 5.52 Å². The van der Waals surface area contributed by atoms with Gasteiger partial charge < -0.3 is 4.98 Å². The number of aryl methyl sites for hydroxylation is 1. The number of H-pyrrole nitrogens is 1. The summed E-state index contributed by atoms with van der Waals surface area (Å²) in [6, 6.07) is 3.64.